The maximum absolute atomic E-state index is 5.89. The fraction of sp³-hybridized carbons (Fsp3) is 0.333. The van der Waals surface area contributed by atoms with E-state index in [9.17, 15) is 0 Å². The van der Waals surface area contributed by atoms with Gasteiger partial charge in [-0.05, 0) is 34.8 Å². The van der Waals surface area contributed by atoms with Crippen molar-refractivity contribution in [2.45, 2.75) is 32.8 Å². The lowest BCUT2D eigenvalue weighted by atomic mass is 10.1. The maximum Gasteiger partial charge on any atom is 0.218 e. The summed E-state index contributed by atoms with van der Waals surface area (Å²) >= 11 is 3.40. The van der Waals surface area contributed by atoms with E-state index in [0.29, 0.717) is 5.88 Å². The van der Waals surface area contributed by atoms with Crippen molar-refractivity contribution >= 4 is 15.9 Å². The highest BCUT2D eigenvalue weighted by Gasteiger charge is 2.09. The van der Waals surface area contributed by atoms with Gasteiger partial charge in [0.1, 0.15) is 16.5 Å². The van der Waals surface area contributed by atoms with Crippen molar-refractivity contribution in [3.63, 3.8) is 0 Å². The van der Waals surface area contributed by atoms with E-state index in [1.165, 1.54) is 0 Å². The fourth-order valence-corrected chi connectivity index (χ4v) is 2.21. The summed E-state index contributed by atoms with van der Waals surface area (Å²) in [5.74, 6) is 1.42. The van der Waals surface area contributed by atoms with Crippen LogP contribution < -0.4 is 4.74 Å². The molecule has 1 atom stereocenters. The zero-order chi connectivity index (χ0) is 13.7. The van der Waals surface area contributed by atoms with Gasteiger partial charge in [0.25, 0.3) is 0 Å². The van der Waals surface area contributed by atoms with Crippen molar-refractivity contribution in [2.24, 2.45) is 0 Å². The van der Waals surface area contributed by atoms with Crippen molar-refractivity contribution in [1.29, 1.82) is 0 Å². The summed E-state index contributed by atoms with van der Waals surface area (Å²) in [5, 5.41) is 0. The lowest BCUT2D eigenvalue weighted by Gasteiger charge is -2.14. The minimum absolute atomic E-state index is 0.0301. The van der Waals surface area contributed by atoms with Gasteiger partial charge in [0, 0.05) is 12.5 Å². The second-order valence-electron chi connectivity index (χ2n) is 4.37. The van der Waals surface area contributed by atoms with Gasteiger partial charge in [-0.2, -0.15) is 4.98 Å². The molecule has 0 aliphatic rings. The topological polar surface area (TPSA) is 35.0 Å². The van der Waals surface area contributed by atoms with Crippen LogP contribution in [-0.4, -0.2) is 9.97 Å². The first-order chi connectivity index (χ1) is 9.19. The van der Waals surface area contributed by atoms with Gasteiger partial charge in [-0.15, -0.1) is 0 Å². The molecule has 19 heavy (non-hydrogen) atoms. The molecule has 0 aliphatic carbocycles. The summed E-state index contributed by atoms with van der Waals surface area (Å²) in [6, 6.07) is 11.9. The molecule has 100 valence electrons. The maximum atomic E-state index is 5.89. The average Bonchev–Trinajstić information content (AvgIpc) is 2.39. The Morgan fingerprint density at radius 1 is 1.21 bits per heavy atom. The van der Waals surface area contributed by atoms with Gasteiger partial charge in [0.15, 0.2) is 0 Å². The Morgan fingerprint density at radius 3 is 2.63 bits per heavy atom. The summed E-state index contributed by atoms with van der Waals surface area (Å²) in [5.41, 5.74) is 1.13. The van der Waals surface area contributed by atoms with Crippen LogP contribution in [0.4, 0.5) is 0 Å². The standard InChI is InChI=1S/C15H17BrN2O/c1-3-7-14-17-13(16)10-15(18-14)19-11(2)12-8-5-4-6-9-12/h4-6,8-11H,3,7H2,1-2H3. The van der Waals surface area contributed by atoms with Crippen LogP contribution in [0, 0.1) is 0 Å². The van der Waals surface area contributed by atoms with Crippen LogP contribution in [-0.2, 0) is 6.42 Å². The normalized spacial score (nSPS) is 12.2. The number of ether oxygens (including phenoxy) is 1. The van der Waals surface area contributed by atoms with Crippen LogP contribution in [0.15, 0.2) is 41.0 Å². The van der Waals surface area contributed by atoms with E-state index < -0.39 is 0 Å². The Labute approximate surface area is 122 Å². The molecule has 0 aliphatic heterocycles. The summed E-state index contributed by atoms with van der Waals surface area (Å²) in [7, 11) is 0. The molecular weight excluding hydrogens is 304 g/mol. The average molecular weight is 321 g/mol. The molecule has 0 saturated heterocycles. The Bertz CT molecular complexity index is 531. The quantitative estimate of drug-likeness (QED) is 0.769. The molecule has 0 bridgehead atoms. The first-order valence-electron chi connectivity index (χ1n) is 6.44. The van der Waals surface area contributed by atoms with E-state index in [2.05, 4.69) is 32.8 Å². The highest BCUT2D eigenvalue weighted by molar-refractivity contribution is 9.10. The number of halogens is 1. The van der Waals surface area contributed by atoms with Crippen LogP contribution in [0.5, 0.6) is 5.88 Å². The number of rotatable bonds is 5. The molecule has 2 rings (SSSR count). The molecule has 0 N–H and O–H groups in total. The van der Waals surface area contributed by atoms with Gasteiger partial charge in [0.05, 0.1) is 0 Å². The fourth-order valence-electron chi connectivity index (χ4n) is 1.81. The monoisotopic (exact) mass is 320 g/mol. The molecule has 2 aromatic rings. The van der Waals surface area contributed by atoms with Crippen LogP contribution in [0.1, 0.15) is 37.8 Å². The Morgan fingerprint density at radius 2 is 1.95 bits per heavy atom. The molecule has 0 fully saturated rings. The molecule has 0 radical (unpaired) electrons. The van der Waals surface area contributed by atoms with Crippen molar-refractivity contribution in [3.05, 3.63) is 52.4 Å². The van der Waals surface area contributed by atoms with Gasteiger partial charge in [-0.1, -0.05) is 37.3 Å². The van der Waals surface area contributed by atoms with Crippen LogP contribution in [0.2, 0.25) is 0 Å². The van der Waals surface area contributed by atoms with Crippen molar-refractivity contribution in [1.82, 2.24) is 9.97 Å². The summed E-state index contributed by atoms with van der Waals surface area (Å²) in [6.07, 6.45) is 1.84. The second kappa shape index (κ2) is 6.66. The van der Waals surface area contributed by atoms with Crippen LogP contribution >= 0.6 is 15.9 Å². The molecule has 0 amide bonds. The third-order valence-corrected chi connectivity index (χ3v) is 3.16. The van der Waals surface area contributed by atoms with Gasteiger partial charge in [-0.3, -0.25) is 0 Å². The number of hydrogen-bond acceptors (Lipinski definition) is 3. The van der Waals surface area contributed by atoms with Crippen molar-refractivity contribution in [2.75, 3.05) is 0 Å². The minimum Gasteiger partial charge on any atom is -0.470 e. The third-order valence-electron chi connectivity index (χ3n) is 2.76. The van der Waals surface area contributed by atoms with Crippen LogP contribution in [0.25, 0.3) is 0 Å². The minimum atomic E-state index is -0.0301. The van der Waals surface area contributed by atoms with Crippen LogP contribution in [0.3, 0.4) is 0 Å². The van der Waals surface area contributed by atoms with E-state index in [-0.39, 0.29) is 6.10 Å². The van der Waals surface area contributed by atoms with Crippen molar-refractivity contribution < 1.29 is 4.74 Å². The van der Waals surface area contributed by atoms with Gasteiger partial charge < -0.3 is 4.74 Å². The molecule has 1 aromatic carbocycles. The predicted molar refractivity (Wildman–Crippen MR) is 79.2 cm³/mol. The smallest absolute Gasteiger partial charge is 0.218 e. The predicted octanol–water partition coefficient (Wildman–Crippen LogP) is 4.33. The van der Waals surface area contributed by atoms with E-state index in [1.54, 1.807) is 6.07 Å². The van der Waals surface area contributed by atoms with E-state index >= 15 is 0 Å². The molecule has 4 heteroatoms. The first kappa shape index (κ1) is 14.0. The summed E-state index contributed by atoms with van der Waals surface area (Å²) in [6.45, 7) is 4.13. The Balaban J connectivity index is 2.14. The van der Waals surface area contributed by atoms with E-state index in [4.69, 9.17) is 4.74 Å². The number of hydrogen-bond donors (Lipinski definition) is 0. The third kappa shape index (κ3) is 4.03. The van der Waals surface area contributed by atoms with Gasteiger partial charge in [0.2, 0.25) is 5.88 Å². The Hall–Kier alpha value is -1.42. The van der Waals surface area contributed by atoms with Gasteiger partial charge >= 0.3 is 0 Å². The summed E-state index contributed by atoms with van der Waals surface area (Å²) < 4.78 is 6.65. The largest absolute Gasteiger partial charge is 0.470 e. The highest BCUT2D eigenvalue weighted by atomic mass is 79.9. The molecule has 1 heterocycles. The van der Waals surface area contributed by atoms with E-state index in [0.717, 1.165) is 28.8 Å². The molecule has 1 unspecified atom stereocenters. The molecular formula is C15H17BrN2O. The number of aryl methyl sites for hydroxylation is 1. The van der Waals surface area contributed by atoms with Gasteiger partial charge in [-0.25, -0.2) is 4.98 Å². The Kier molecular flexibility index (Phi) is 4.91. The molecule has 0 saturated carbocycles. The zero-order valence-electron chi connectivity index (χ0n) is 11.1. The highest BCUT2D eigenvalue weighted by Crippen LogP contribution is 2.22. The lowest BCUT2D eigenvalue weighted by Crippen LogP contribution is -2.06. The number of aromatic nitrogens is 2. The first-order valence-corrected chi connectivity index (χ1v) is 7.23. The molecule has 0 spiro atoms. The SMILES string of the molecule is CCCc1nc(Br)cc(OC(C)c2ccccc2)n1. The molecule has 1 aromatic heterocycles. The number of nitrogens with zero attached hydrogens (tertiary/aromatic N) is 2. The second-order valence-corrected chi connectivity index (χ2v) is 5.18. The lowest BCUT2D eigenvalue weighted by molar-refractivity contribution is 0.216. The van der Waals surface area contributed by atoms with Crippen molar-refractivity contribution in [3.8, 4) is 5.88 Å². The summed E-state index contributed by atoms with van der Waals surface area (Å²) in [4.78, 5) is 8.75. The zero-order valence-corrected chi connectivity index (χ0v) is 12.7. The van der Waals surface area contributed by atoms with E-state index in [1.807, 2.05) is 37.3 Å². The molecule has 3 nitrogen and oxygen atoms in total. The number of benzene rings is 1.